The van der Waals surface area contributed by atoms with Gasteiger partial charge in [-0.25, -0.2) is 0 Å². The SMILES string of the molecule is CC1(C)C(=O)O[C@@H]2[C@@H](I)c3ccccc3C[C@@H]21. The van der Waals surface area contributed by atoms with Gasteiger partial charge in [0.15, 0.2) is 0 Å². The van der Waals surface area contributed by atoms with Crippen LogP contribution in [0.4, 0.5) is 0 Å². The van der Waals surface area contributed by atoms with E-state index < -0.39 is 0 Å². The van der Waals surface area contributed by atoms with Crippen molar-refractivity contribution in [1.82, 2.24) is 0 Å². The first-order chi connectivity index (χ1) is 8.01. The summed E-state index contributed by atoms with van der Waals surface area (Å²) < 4.78 is 5.89. The maximum absolute atomic E-state index is 11.9. The van der Waals surface area contributed by atoms with Crippen LogP contribution in [-0.4, -0.2) is 12.1 Å². The number of fused-ring (bicyclic) bond motifs is 2. The van der Waals surface area contributed by atoms with Crippen molar-refractivity contribution in [2.75, 3.05) is 0 Å². The molecule has 0 unspecified atom stereocenters. The number of carbonyl (C=O) groups is 1. The molecule has 17 heavy (non-hydrogen) atoms. The molecule has 1 heterocycles. The molecule has 90 valence electrons. The molecule has 1 saturated heterocycles. The van der Waals surface area contributed by atoms with Gasteiger partial charge in [-0.1, -0.05) is 46.9 Å². The van der Waals surface area contributed by atoms with Gasteiger partial charge in [0.1, 0.15) is 6.10 Å². The van der Waals surface area contributed by atoms with E-state index in [1.165, 1.54) is 11.1 Å². The lowest BCUT2D eigenvalue weighted by molar-refractivity contribution is -0.147. The molecular weight excluding hydrogens is 327 g/mol. The third-order valence-electron chi connectivity index (χ3n) is 4.17. The Labute approximate surface area is 115 Å². The number of hydrogen-bond donors (Lipinski definition) is 0. The molecule has 0 amide bonds. The molecule has 0 radical (unpaired) electrons. The second-order valence-electron chi connectivity index (χ2n) is 5.50. The van der Waals surface area contributed by atoms with E-state index in [0.29, 0.717) is 5.92 Å². The maximum atomic E-state index is 11.9. The highest BCUT2D eigenvalue weighted by Gasteiger charge is 2.55. The van der Waals surface area contributed by atoms with Gasteiger partial charge in [-0.05, 0) is 31.4 Å². The van der Waals surface area contributed by atoms with E-state index >= 15 is 0 Å². The highest BCUT2D eigenvalue weighted by atomic mass is 127. The highest BCUT2D eigenvalue weighted by Crippen LogP contribution is 2.52. The van der Waals surface area contributed by atoms with E-state index in [1.54, 1.807) is 0 Å². The number of benzene rings is 1. The molecule has 0 saturated carbocycles. The first-order valence-electron chi connectivity index (χ1n) is 5.95. The number of carbonyl (C=O) groups excluding carboxylic acids is 1. The summed E-state index contributed by atoms with van der Waals surface area (Å²) in [5.41, 5.74) is 2.36. The van der Waals surface area contributed by atoms with E-state index in [-0.39, 0.29) is 21.4 Å². The largest absolute Gasteiger partial charge is 0.460 e. The van der Waals surface area contributed by atoms with Gasteiger partial charge in [0, 0.05) is 5.92 Å². The molecule has 1 aromatic carbocycles. The van der Waals surface area contributed by atoms with Gasteiger partial charge in [0.2, 0.25) is 0 Å². The van der Waals surface area contributed by atoms with Crippen LogP contribution in [0.25, 0.3) is 0 Å². The number of rotatable bonds is 0. The number of halogens is 1. The Balaban J connectivity index is 2.07. The molecular formula is C14H15IO2. The summed E-state index contributed by atoms with van der Waals surface area (Å²) >= 11 is 2.41. The Bertz CT molecular complexity index is 481. The lowest BCUT2D eigenvalue weighted by atomic mass is 9.70. The van der Waals surface area contributed by atoms with Gasteiger partial charge < -0.3 is 4.74 Å². The summed E-state index contributed by atoms with van der Waals surface area (Å²) in [6, 6.07) is 8.47. The smallest absolute Gasteiger partial charge is 0.312 e. The van der Waals surface area contributed by atoms with Crippen molar-refractivity contribution >= 4 is 28.6 Å². The van der Waals surface area contributed by atoms with Crippen LogP contribution in [-0.2, 0) is 16.0 Å². The van der Waals surface area contributed by atoms with Gasteiger partial charge in [-0.3, -0.25) is 4.79 Å². The predicted molar refractivity (Wildman–Crippen MR) is 74.1 cm³/mol. The third kappa shape index (κ3) is 1.54. The molecule has 0 bridgehead atoms. The minimum atomic E-state index is -0.346. The quantitative estimate of drug-likeness (QED) is 0.411. The second-order valence-corrected chi connectivity index (χ2v) is 6.84. The molecule has 1 aliphatic heterocycles. The molecule has 3 rings (SSSR count). The van der Waals surface area contributed by atoms with Crippen molar-refractivity contribution in [3.05, 3.63) is 35.4 Å². The van der Waals surface area contributed by atoms with Gasteiger partial charge in [0.05, 0.1) is 9.34 Å². The Morgan fingerprint density at radius 3 is 2.82 bits per heavy atom. The third-order valence-corrected chi connectivity index (χ3v) is 5.55. The topological polar surface area (TPSA) is 26.3 Å². The summed E-state index contributed by atoms with van der Waals surface area (Å²) in [5.74, 6) is 0.272. The minimum Gasteiger partial charge on any atom is -0.460 e. The van der Waals surface area contributed by atoms with Crippen LogP contribution < -0.4 is 0 Å². The summed E-state index contributed by atoms with van der Waals surface area (Å²) in [6.07, 6.45) is 1.01. The molecule has 3 atom stereocenters. The number of hydrogen-bond acceptors (Lipinski definition) is 2. The van der Waals surface area contributed by atoms with Gasteiger partial charge in [0.25, 0.3) is 0 Å². The minimum absolute atomic E-state index is 0.0398. The molecule has 1 aliphatic carbocycles. The zero-order valence-electron chi connectivity index (χ0n) is 9.94. The van der Waals surface area contributed by atoms with Gasteiger partial charge >= 0.3 is 5.97 Å². The number of esters is 1. The summed E-state index contributed by atoms with van der Waals surface area (Å²) in [4.78, 5) is 11.9. The fourth-order valence-corrected chi connectivity index (χ4v) is 4.21. The fraction of sp³-hybridized carbons (Fsp3) is 0.500. The number of ether oxygens (including phenoxy) is 1. The Morgan fingerprint density at radius 1 is 1.35 bits per heavy atom. The normalized spacial score (nSPS) is 33.8. The first kappa shape index (κ1) is 11.5. The number of alkyl halides is 1. The molecule has 0 aromatic heterocycles. The van der Waals surface area contributed by atoms with E-state index in [0.717, 1.165) is 6.42 Å². The molecule has 0 N–H and O–H groups in total. The van der Waals surface area contributed by atoms with E-state index in [9.17, 15) is 4.79 Å². The second kappa shape index (κ2) is 3.70. The zero-order chi connectivity index (χ0) is 12.2. The average Bonchev–Trinajstić information content (AvgIpc) is 2.53. The summed E-state index contributed by atoms with van der Waals surface area (Å²) in [7, 11) is 0. The van der Waals surface area contributed by atoms with Crippen LogP contribution >= 0.6 is 22.6 Å². The molecule has 0 spiro atoms. The first-order valence-corrected chi connectivity index (χ1v) is 7.19. The van der Waals surface area contributed by atoms with Crippen LogP contribution in [0, 0.1) is 11.3 Å². The van der Waals surface area contributed by atoms with Crippen LogP contribution in [0.3, 0.4) is 0 Å². The lowest BCUT2D eigenvalue weighted by Gasteiger charge is -2.34. The standard InChI is InChI=1S/C14H15IO2/c1-14(2)10-7-8-5-3-4-6-9(8)11(15)12(10)17-13(14)16/h3-6,10-12H,7H2,1-2H3/t10-,11-,12-/m0/s1. The maximum Gasteiger partial charge on any atom is 0.312 e. The van der Waals surface area contributed by atoms with E-state index in [4.69, 9.17) is 4.74 Å². The van der Waals surface area contributed by atoms with E-state index in [2.05, 4.69) is 46.9 Å². The molecule has 3 heteroatoms. The lowest BCUT2D eigenvalue weighted by Crippen LogP contribution is -2.35. The molecule has 1 fully saturated rings. The Morgan fingerprint density at radius 2 is 2.06 bits per heavy atom. The van der Waals surface area contributed by atoms with Crippen LogP contribution in [0.15, 0.2) is 24.3 Å². The van der Waals surface area contributed by atoms with Crippen LogP contribution in [0.5, 0.6) is 0 Å². The van der Waals surface area contributed by atoms with Crippen molar-refractivity contribution in [2.45, 2.75) is 30.3 Å². The van der Waals surface area contributed by atoms with E-state index in [1.807, 2.05) is 13.8 Å². The molecule has 2 aliphatic rings. The van der Waals surface area contributed by atoms with Crippen molar-refractivity contribution in [2.24, 2.45) is 11.3 Å². The van der Waals surface area contributed by atoms with Crippen molar-refractivity contribution < 1.29 is 9.53 Å². The zero-order valence-corrected chi connectivity index (χ0v) is 12.1. The summed E-state index contributed by atoms with van der Waals surface area (Å²) in [6.45, 7) is 4.02. The van der Waals surface area contributed by atoms with Gasteiger partial charge in [-0.15, -0.1) is 0 Å². The van der Waals surface area contributed by atoms with Crippen LogP contribution in [0.2, 0.25) is 0 Å². The van der Waals surface area contributed by atoms with Crippen molar-refractivity contribution in [3.63, 3.8) is 0 Å². The predicted octanol–water partition coefficient (Wildman–Crippen LogP) is 3.29. The Kier molecular flexibility index (Phi) is 2.51. The Hall–Kier alpha value is -0.580. The van der Waals surface area contributed by atoms with Crippen LogP contribution in [0.1, 0.15) is 28.9 Å². The van der Waals surface area contributed by atoms with Gasteiger partial charge in [-0.2, -0.15) is 0 Å². The highest BCUT2D eigenvalue weighted by molar-refractivity contribution is 14.1. The fourth-order valence-electron chi connectivity index (χ4n) is 2.96. The van der Waals surface area contributed by atoms with Crippen molar-refractivity contribution in [3.8, 4) is 0 Å². The molecule has 1 aromatic rings. The summed E-state index contributed by atoms with van der Waals surface area (Å²) in [5, 5.41) is 0. The van der Waals surface area contributed by atoms with Crippen molar-refractivity contribution in [1.29, 1.82) is 0 Å². The molecule has 2 nitrogen and oxygen atoms in total. The monoisotopic (exact) mass is 342 g/mol. The average molecular weight is 342 g/mol.